The number of aliphatic imine (C=N–C) groups is 1. The van der Waals surface area contributed by atoms with Crippen molar-refractivity contribution in [1.82, 2.24) is 0 Å². The van der Waals surface area contributed by atoms with Crippen LogP contribution in [0.25, 0.3) is 0 Å². The molecule has 1 fully saturated rings. The van der Waals surface area contributed by atoms with Crippen LogP contribution in [0.15, 0.2) is 23.2 Å². The SMILES string of the molecule is Cc1ccc(C(C)N=C(N)C2CC2)cc1F. The van der Waals surface area contributed by atoms with Crippen LogP contribution in [0.4, 0.5) is 4.39 Å². The lowest BCUT2D eigenvalue weighted by Gasteiger charge is -2.09. The van der Waals surface area contributed by atoms with Crippen LogP contribution in [0.5, 0.6) is 0 Å². The molecule has 16 heavy (non-hydrogen) atoms. The van der Waals surface area contributed by atoms with E-state index < -0.39 is 0 Å². The van der Waals surface area contributed by atoms with Gasteiger partial charge in [-0.05, 0) is 43.9 Å². The maximum Gasteiger partial charge on any atom is 0.126 e. The highest BCUT2D eigenvalue weighted by Crippen LogP contribution is 2.30. The third kappa shape index (κ3) is 2.40. The number of hydrogen-bond donors (Lipinski definition) is 1. The minimum Gasteiger partial charge on any atom is -0.387 e. The monoisotopic (exact) mass is 220 g/mol. The molecule has 1 aliphatic rings. The van der Waals surface area contributed by atoms with Gasteiger partial charge in [-0.15, -0.1) is 0 Å². The van der Waals surface area contributed by atoms with E-state index in [1.165, 1.54) is 0 Å². The van der Waals surface area contributed by atoms with Gasteiger partial charge in [-0.3, -0.25) is 4.99 Å². The normalized spacial score (nSPS) is 18.6. The fraction of sp³-hybridized carbons (Fsp3) is 0.462. The minimum atomic E-state index is -0.176. The molecule has 86 valence electrons. The van der Waals surface area contributed by atoms with Crippen LogP contribution in [0, 0.1) is 18.7 Å². The summed E-state index contributed by atoms with van der Waals surface area (Å²) in [6.07, 6.45) is 2.29. The largest absolute Gasteiger partial charge is 0.387 e. The summed E-state index contributed by atoms with van der Waals surface area (Å²) in [5.74, 6) is 1.01. The Morgan fingerprint density at radius 3 is 2.75 bits per heavy atom. The first-order valence-electron chi connectivity index (χ1n) is 5.67. The third-order valence-electron chi connectivity index (χ3n) is 3.02. The molecule has 0 aromatic heterocycles. The quantitative estimate of drug-likeness (QED) is 0.617. The van der Waals surface area contributed by atoms with Crippen molar-refractivity contribution in [3.05, 3.63) is 35.1 Å². The first-order valence-corrected chi connectivity index (χ1v) is 5.67. The van der Waals surface area contributed by atoms with Gasteiger partial charge in [0.25, 0.3) is 0 Å². The van der Waals surface area contributed by atoms with Gasteiger partial charge in [-0.1, -0.05) is 12.1 Å². The Hall–Kier alpha value is -1.38. The molecule has 1 atom stereocenters. The van der Waals surface area contributed by atoms with E-state index in [1.807, 2.05) is 13.0 Å². The molecule has 3 heteroatoms. The van der Waals surface area contributed by atoms with Gasteiger partial charge in [-0.25, -0.2) is 4.39 Å². The molecule has 0 heterocycles. The predicted octanol–water partition coefficient (Wildman–Crippen LogP) is 2.96. The van der Waals surface area contributed by atoms with Crippen LogP contribution in [-0.4, -0.2) is 5.84 Å². The van der Waals surface area contributed by atoms with Gasteiger partial charge in [0.05, 0.1) is 11.9 Å². The molecule has 2 rings (SSSR count). The third-order valence-corrected chi connectivity index (χ3v) is 3.02. The lowest BCUT2D eigenvalue weighted by Crippen LogP contribution is -2.15. The maximum atomic E-state index is 13.4. The summed E-state index contributed by atoms with van der Waals surface area (Å²) in [5, 5.41) is 0. The van der Waals surface area contributed by atoms with Gasteiger partial charge in [-0.2, -0.15) is 0 Å². The molecule has 2 nitrogen and oxygen atoms in total. The second kappa shape index (κ2) is 4.24. The number of hydrogen-bond acceptors (Lipinski definition) is 1. The van der Waals surface area contributed by atoms with E-state index in [4.69, 9.17) is 5.73 Å². The number of nitrogens with zero attached hydrogens (tertiary/aromatic N) is 1. The van der Waals surface area contributed by atoms with E-state index in [2.05, 4.69) is 4.99 Å². The summed E-state index contributed by atoms with van der Waals surface area (Å²) >= 11 is 0. The molecule has 0 saturated heterocycles. The summed E-state index contributed by atoms with van der Waals surface area (Å²) in [6.45, 7) is 3.70. The number of nitrogens with two attached hydrogens (primary N) is 1. The molecule has 0 bridgehead atoms. The average Bonchev–Trinajstić information content (AvgIpc) is 3.05. The lowest BCUT2D eigenvalue weighted by molar-refractivity contribution is 0.613. The molecule has 2 N–H and O–H groups in total. The van der Waals surface area contributed by atoms with Crippen LogP contribution in [0.3, 0.4) is 0 Å². The number of benzene rings is 1. The number of halogens is 1. The Morgan fingerprint density at radius 2 is 2.19 bits per heavy atom. The topological polar surface area (TPSA) is 38.4 Å². The van der Waals surface area contributed by atoms with Gasteiger partial charge in [0, 0.05) is 5.92 Å². The van der Waals surface area contributed by atoms with E-state index in [0.717, 1.165) is 18.4 Å². The van der Waals surface area contributed by atoms with Crippen LogP contribution < -0.4 is 5.73 Å². The Balaban J connectivity index is 2.16. The smallest absolute Gasteiger partial charge is 0.126 e. The zero-order valence-electron chi connectivity index (χ0n) is 9.70. The minimum absolute atomic E-state index is 0.0595. The van der Waals surface area contributed by atoms with Crippen molar-refractivity contribution in [1.29, 1.82) is 0 Å². The molecule has 1 unspecified atom stereocenters. The van der Waals surface area contributed by atoms with Gasteiger partial charge in [0.15, 0.2) is 0 Å². The van der Waals surface area contributed by atoms with Gasteiger partial charge < -0.3 is 5.73 Å². The van der Waals surface area contributed by atoms with Crippen molar-refractivity contribution in [2.24, 2.45) is 16.6 Å². The first-order chi connectivity index (χ1) is 7.58. The van der Waals surface area contributed by atoms with E-state index in [9.17, 15) is 4.39 Å². The van der Waals surface area contributed by atoms with Crippen LogP contribution in [-0.2, 0) is 0 Å². The summed E-state index contributed by atoms with van der Waals surface area (Å²) in [5.41, 5.74) is 7.38. The molecular formula is C13H17FN2. The van der Waals surface area contributed by atoms with Gasteiger partial charge in [0.2, 0.25) is 0 Å². The highest BCUT2D eigenvalue weighted by Gasteiger charge is 2.25. The molecule has 0 amide bonds. The Morgan fingerprint density at radius 1 is 1.50 bits per heavy atom. The highest BCUT2D eigenvalue weighted by molar-refractivity contribution is 5.85. The number of aryl methyl sites for hydroxylation is 1. The summed E-state index contributed by atoms with van der Waals surface area (Å²) in [7, 11) is 0. The van der Waals surface area contributed by atoms with Gasteiger partial charge in [0.1, 0.15) is 5.82 Å². The molecule has 0 aliphatic heterocycles. The second-order valence-corrected chi connectivity index (χ2v) is 4.51. The molecule has 0 radical (unpaired) electrons. The molecule has 1 aliphatic carbocycles. The van der Waals surface area contributed by atoms with Crippen molar-refractivity contribution < 1.29 is 4.39 Å². The van der Waals surface area contributed by atoms with Crippen LogP contribution in [0.1, 0.15) is 36.9 Å². The molecule has 1 aromatic carbocycles. The predicted molar refractivity (Wildman–Crippen MR) is 63.9 cm³/mol. The first kappa shape index (κ1) is 11.1. The summed E-state index contributed by atoms with van der Waals surface area (Å²) in [4.78, 5) is 4.41. The maximum absolute atomic E-state index is 13.4. The Kier molecular flexibility index (Phi) is 2.95. The summed E-state index contributed by atoms with van der Waals surface area (Å²) < 4.78 is 13.4. The van der Waals surface area contributed by atoms with E-state index >= 15 is 0 Å². The molecule has 0 spiro atoms. The van der Waals surface area contributed by atoms with E-state index in [-0.39, 0.29) is 11.9 Å². The fourth-order valence-electron chi connectivity index (χ4n) is 1.65. The highest BCUT2D eigenvalue weighted by atomic mass is 19.1. The van der Waals surface area contributed by atoms with Crippen LogP contribution >= 0.6 is 0 Å². The standard InChI is InChI=1S/C13H17FN2/c1-8-3-4-11(7-12(8)14)9(2)16-13(15)10-5-6-10/h3-4,7,9-10H,5-6H2,1-2H3,(H2,15,16). The lowest BCUT2D eigenvalue weighted by atomic mass is 10.1. The summed E-state index contributed by atoms with van der Waals surface area (Å²) in [6, 6.07) is 5.18. The average molecular weight is 220 g/mol. The number of amidine groups is 1. The zero-order valence-corrected chi connectivity index (χ0v) is 9.70. The van der Waals surface area contributed by atoms with Crippen molar-refractivity contribution >= 4 is 5.84 Å². The Labute approximate surface area is 95.4 Å². The number of rotatable bonds is 3. The van der Waals surface area contributed by atoms with Crippen molar-refractivity contribution in [3.63, 3.8) is 0 Å². The fourth-order valence-corrected chi connectivity index (χ4v) is 1.65. The van der Waals surface area contributed by atoms with Crippen molar-refractivity contribution in [3.8, 4) is 0 Å². The van der Waals surface area contributed by atoms with Gasteiger partial charge >= 0.3 is 0 Å². The zero-order chi connectivity index (χ0) is 11.7. The van der Waals surface area contributed by atoms with E-state index in [0.29, 0.717) is 17.3 Å². The molecule has 1 aromatic rings. The second-order valence-electron chi connectivity index (χ2n) is 4.51. The van der Waals surface area contributed by atoms with E-state index in [1.54, 1.807) is 19.1 Å². The van der Waals surface area contributed by atoms with Crippen molar-refractivity contribution in [2.45, 2.75) is 32.7 Å². The van der Waals surface area contributed by atoms with Crippen molar-refractivity contribution in [2.75, 3.05) is 0 Å². The molecule has 1 saturated carbocycles. The molecular weight excluding hydrogens is 203 g/mol. The Bertz CT molecular complexity index is 422. The van der Waals surface area contributed by atoms with Crippen LogP contribution in [0.2, 0.25) is 0 Å².